The standard InChI is InChI=1S/C25H34O4/c1-16(2)7-6-8-17(3)9-21-10-18(4)13-25(28-21)14-20(15-26)22-12-23(27)19(5)11-24(22)29-25/h9,11,14,21-22,24,26H,1,4,6-8,10,12-13,15H2,2-3,5H3/b17-9+/t21-,22-,24-,25+/m1/s1. The number of hydrogen-bond acceptors (Lipinski definition) is 4. The molecule has 0 aromatic rings. The molecule has 1 spiro atoms. The Bertz CT molecular complexity index is 785. The van der Waals surface area contributed by atoms with Crippen LogP contribution in [-0.2, 0) is 14.3 Å². The molecule has 0 radical (unpaired) electrons. The topological polar surface area (TPSA) is 55.8 Å². The second-order valence-corrected chi connectivity index (χ2v) is 8.97. The van der Waals surface area contributed by atoms with E-state index < -0.39 is 5.79 Å². The Balaban J connectivity index is 1.80. The molecule has 1 N–H and O–H groups in total. The van der Waals surface area contributed by atoms with Gasteiger partial charge in [0.1, 0.15) is 0 Å². The van der Waals surface area contributed by atoms with E-state index in [0.29, 0.717) is 12.8 Å². The molecule has 4 nitrogen and oxygen atoms in total. The Labute approximate surface area is 174 Å². The highest BCUT2D eigenvalue weighted by Gasteiger charge is 2.47. The van der Waals surface area contributed by atoms with Gasteiger partial charge in [-0.15, -0.1) is 6.58 Å². The Kier molecular flexibility index (Phi) is 6.77. The number of ether oxygens (including phenoxy) is 2. The van der Waals surface area contributed by atoms with Crippen LogP contribution < -0.4 is 0 Å². The van der Waals surface area contributed by atoms with E-state index in [4.69, 9.17) is 9.47 Å². The van der Waals surface area contributed by atoms with Gasteiger partial charge in [-0.05, 0) is 69.8 Å². The van der Waals surface area contributed by atoms with E-state index in [9.17, 15) is 9.90 Å². The lowest BCUT2D eigenvalue weighted by Gasteiger charge is -2.47. The molecule has 1 aliphatic carbocycles. The number of hydrogen-bond donors (Lipinski definition) is 1. The van der Waals surface area contributed by atoms with Crippen LogP contribution in [0.2, 0.25) is 0 Å². The fourth-order valence-corrected chi connectivity index (χ4v) is 4.57. The van der Waals surface area contributed by atoms with Gasteiger partial charge in [0.15, 0.2) is 11.6 Å². The molecule has 158 valence electrons. The number of fused-ring (bicyclic) bond motifs is 1. The van der Waals surface area contributed by atoms with Crippen LogP contribution in [-0.4, -0.2) is 35.5 Å². The van der Waals surface area contributed by atoms with Crippen molar-refractivity contribution in [2.75, 3.05) is 6.61 Å². The van der Waals surface area contributed by atoms with E-state index in [1.165, 1.54) is 11.1 Å². The maximum Gasteiger partial charge on any atom is 0.193 e. The first-order valence-corrected chi connectivity index (χ1v) is 10.6. The quantitative estimate of drug-likeness (QED) is 0.642. The molecule has 0 unspecified atom stereocenters. The van der Waals surface area contributed by atoms with Gasteiger partial charge in [-0.1, -0.05) is 29.4 Å². The van der Waals surface area contributed by atoms with Crippen molar-refractivity contribution in [2.24, 2.45) is 5.92 Å². The van der Waals surface area contributed by atoms with Crippen molar-refractivity contribution in [1.29, 1.82) is 0 Å². The summed E-state index contributed by atoms with van der Waals surface area (Å²) in [5, 5.41) is 9.96. The van der Waals surface area contributed by atoms with Crippen LogP contribution in [0, 0.1) is 5.92 Å². The second-order valence-electron chi connectivity index (χ2n) is 8.97. The number of carbonyl (C=O) groups is 1. The summed E-state index contributed by atoms with van der Waals surface area (Å²) in [6.45, 7) is 14.1. The molecule has 3 rings (SSSR count). The lowest BCUT2D eigenvalue weighted by molar-refractivity contribution is -0.257. The van der Waals surface area contributed by atoms with E-state index in [1.54, 1.807) is 0 Å². The minimum atomic E-state index is -0.926. The molecular formula is C25H34O4. The predicted molar refractivity (Wildman–Crippen MR) is 115 cm³/mol. The van der Waals surface area contributed by atoms with Crippen LogP contribution in [0.4, 0.5) is 0 Å². The second kappa shape index (κ2) is 8.95. The van der Waals surface area contributed by atoms with Crippen molar-refractivity contribution in [2.45, 2.75) is 77.3 Å². The van der Waals surface area contributed by atoms with Crippen molar-refractivity contribution in [3.8, 4) is 0 Å². The summed E-state index contributed by atoms with van der Waals surface area (Å²) in [5.74, 6) is -0.922. The number of allylic oxidation sites excluding steroid dienone is 3. The maximum atomic E-state index is 12.1. The van der Waals surface area contributed by atoms with Crippen molar-refractivity contribution >= 4 is 5.78 Å². The van der Waals surface area contributed by atoms with E-state index >= 15 is 0 Å². The lowest BCUT2D eigenvalue weighted by Crippen LogP contribution is -2.50. The van der Waals surface area contributed by atoms with Crippen molar-refractivity contribution in [1.82, 2.24) is 0 Å². The normalized spacial score (nSPS) is 32.7. The van der Waals surface area contributed by atoms with Crippen LogP contribution in [0.1, 0.15) is 59.3 Å². The molecule has 4 heteroatoms. The van der Waals surface area contributed by atoms with E-state index in [2.05, 4.69) is 33.1 Å². The van der Waals surface area contributed by atoms with Crippen LogP contribution in [0.3, 0.4) is 0 Å². The van der Waals surface area contributed by atoms with Crippen LogP contribution in [0.25, 0.3) is 0 Å². The first-order chi connectivity index (χ1) is 13.7. The van der Waals surface area contributed by atoms with Gasteiger partial charge >= 0.3 is 0 Å². The summed E-state index contributed by atoms with van der Waals surface area (Å²) in [4.78, 5) is 12.1. The Morgan fingerprint density at radius 3 is 2.76 bits per heavy atom. The fraction of sp³-hybridized carbons (Fsp3) is 0.560. The first-order valence-electron chi connectivity index (χ1n) is 10.6. The average Bonchev–Trinajstić information content (AvgIpc) is 2.61. The molecule has 4 atom stereocenters. The monoisotopic (exact) mass is 398 g/mol. The molecule has 1 saturated heterocycles. The summed E-state index contributed by atoms with van der Waals surface area (Å²) in [7, 11) is 0. The number of carbonyl (C=O) groups excluding carboxylic acids is 1. The smallest absolute Gasteiger partial charge is 0.193 e. The third-order valence-corrected chi connectivity index (χ3v) is 6.04. The molecule has 3 aliphatic rings. The van der Waals surface area contributed by atoms with Crippen molar-refractivity contribution in [3.63, 3.8) is 0 Å². The molecule has 0 aromatic heterocycles. The highest BCUT2D eigenvalue weighted by atomic mass is 16.7. The molecule has 1 fully saturated rings. The fourth-order valence-electron chi connectivity index (χ4n) is 4.57. The number of rotatable bonds is 6. The van der Waals surface area contributed by atoms with Gasteiger partial charge in [-0.3, -0.25) is 4.79 Å². The maximum absolute atomic E-state index is 12.1. The Hall–Kier alpha value is -1.75. The largest absolute Gasteiger partial charge is 0.392 e. The highest BCUT2D eigenvalue weighted by molar-refractivity contribution is 5.96. The van der Waals surface area contributed by atoms with Gasteiger partial charge < -0.3 is 14.6 Å². The summed E-state index contributed by atoms with van der Waals surface area (Å²) >= 11 is 0. The molecule has 0 amide bonds. The van der Waals surface area contributed by atoms with Crippen LogP contribution >= 0.6 is 0 Å². The third-order valence-electron chi connectivity index (χ3n) is 6.04. The van der Waals surface area contributed by atoms with Crippen LogP contribution in [0.5, 0.6) is 0 Å². The zero-order valence-corrected chi connectivity index (χ0v) is 18.0. The highest BCUT2D eigenvalue weighted by Crippen LogP contribution is 2.44. The van der Waals surface area contributed by atoms with E-state index in [1.807, 2.05) is 19.1 Å². The molecular weight excluding hydrogens is 364 g/mol. The summed E-state index contributed by atoms with van der Waals surface area (Å²) in [6.07, 6.45) is 10.4. The van der Waals surface area contributed by atoms with E-state index in [0.717, 1.165) is 42.4 Å². The average molecular weight is 399 g/mol. The van der Waals surface area contributed by atoms with Gasteiger partial charge in [0.05, 0.1) is 18.8 Å². The molecule has 0 aromatic carbocycles. The summed E-state index contributed by atoms with van der Waals surface area (Å²) in [6, 6.07) is 0. The SMILES string of the molecule is C=C(C)CCC/C(C)=C/[C@@H]1CC(=C)C[C@]2(C=C(CO)[C@H]3CC(=O)C(C)=C[C@H]3O2)O1. The molecule has 0 saturated carbocycles. The molecule has 2 aliphatic heterocycles. The van der Waals surface area contributed by atoms with Gasteiger partial charge in [0, 0.05) is 18.8 Å². The van der Waals surface area contributed by atoms with Gasteiger partial charge in [-0.25, -0.2) is 0 Å². The first kappa shape index (κ1) is 21.9. The molecule has 2 heterocycles. The number of aliphatic hydroxyl groups is 1. The Morgan fingerprint density at radius 1 is 1.31 bits per heavy atom. The van der Waals surface area contributed by atoms with Crippen molar-refractivity contribution in [3.05, 3.63) is 59.3 Å². The number of ketones is 1. The molecule has 0 bridgehead atoms. The predicted octanol–water partition coefficient (Wildman–Crippen LogP) is 4.96. The molecule has 29 heavy (non-hydrogen) atoms. The zero-order chi connectivity index (χ0) is 21.2. The summed E-state index contributed by atoms with van der Waals surface area (Å²) < 4.78 is 12.9. The number of Topliss-reactive ketones (excluding diaryl/α,β-unsaturated/α-hetero) is 1. The minimum Gasteiger partial charge on any atom is -0.392 e. The Morgan fingerprint density at radius 2 is 2.07 bits per heavy atom. The lowest BCUT2D eigenvalue weighted by atomic mass is 9.78. The number of aliphatic hydroxyl groups excluding tert-OH is 1. The van der Waals surface area contributed by atoms with E-state index in [-0.39, 0.29) is 30.5 Å². The van der Waals surface area contributed by atoms with Crippen LogP contribution in [0.15, 0.2) is 59.3 Å². The minimum absolute atomic E-state index is 0.0945. The van der Waals surface area contributed by atoms with Gasteiger partial charge in [-0.2, -0.15) is 0 Å². The summed E-state index contributed by atoms with van der Waals surface area (Å²) in [5.41, 5.74) is 5.13. The van der Waals surface area contributed by atoms with Gasteiger partial charge in [0.2, 0.25) is 0 Å². The van der Waals surface area contributed by atoms with Crippen molar-refractivity contribution < 1.29 is 19.4 Å². The van der Waals surface area contributed by atoms with Gasteiger partial charge in [0.25, 0.3) is 0 Å². The third kappa shape index (κ3) is 5.25. The zero-order valence-electron chi connectivity index (χ0n) is 18.0.